The summed E-state index contributed by atoms with van der Waals surface area (Å²) >= 11 is 0. The third-order valence-electron chi connectivity index (χ3n) is 1.61. The summed E-state index contributed by atoms with van der Waals surface area (Å²) in [5.41, 5.74) is 0. The highest BCUT2D eigenvalue weighted by Crippen LogP contribution is 2.19. The van der Waals surface area contributed by atoms with Gasteiger partial charge in [-0.15, -0.1) is 0 Å². The lowest BCUT2D eigenvalue weighted by molar-refractivity contribution is -0.145. The summed E-state index contributed by atoms with van der Waals surface area (Å²) in [4.78, 5) is 11.6. The van der Waals surface area contributed by atoms with E-state index in [1.807, 2.05) is 0 Å². The van der Waals surface area contributed by atoms with Crippen LogP contribution < -0.4 is 0 Å². The first-order valence-electron chi connectivity index (χ1n) is 4.36. The van der Waals surface area contributed by atoms with Crippen LogP contribution in [0.15, 0.2) is 0 Å². The van der Waals surface area contributed by atoms with Crippen LogP contribution >= 0.6 is 0 Å². The smallest absolute Gasteiger partial charge is 0.390 e. The van der Waals surface area contributed by atoms with Crippen molar-refractivity contribution in [3.05, 3.63) is 0 Å². The maximum atomic E-state index is 11.8. The second kappa shape index (κ2) is 5.85. The molecule has 0 unspecified atom stereocenters. The molecule has 0 spiro atoms. The van der Waals surface area contributed by atoms with Gasteiger partial charge in [-0.25, -0.2) is 0 Å². The molecule has 6 heteroatoms. The molecule has 0 aromatic carbocycles. The van der Waals surface area contributed by atoms with E-state index in [0.29, 0.717) is 13.0 Å². The van der Waals surface area contributed by atoms with E-state index < -0.39 is 18.6 Å². The number of rotatable bonds is 6. The molecule has 1 N–H and O–H groups in total. The largest absolute Gasteiger partial charge is 0.480 e. The number of halogens is 3. The Kier molecular flexibility index (Phi) is 5.52. The van der Waals surface area contributed by atoms with Crippen molar-refractivity contribution in [2.24, 2.45) is 0 Å². The fourth-order valence-electron chi connectivity index (χ4n) is 1.06. The van der Waals surface area contributed by atoms with Crippen LogP contribution in [0.25, 0.3) is 0 Å². The topological polar surface area (TPSA) is 40.5 Å². The molecule has 0 atom stereocenters. The number of nitrogens with zero attached hydrogens (tertiary/aromatic N) is 1. The van der Waals surface area contributed by atoms with Gasteiger partial charge in [0.05, 0.1) is 13.0 Å². The molecule has 84 valence electrons. The lowest BCUT2D eigenvalue weighted by atomic mass is 10.3. The zero-order valence-corrected chi connectivity index (χ0v) is 7.97. The van der Waals surface area contributed by atoms with Crippen LogP contribution in [0.2, 0.25) is 0 Å². The predicted molar refractivity (Wildman–Crippen MR) is 45.0 cm³/mol. The zero-order chi connectivity index (χ0) is 11.2. The van der Waals surface area contributed by atoms with Crippen LogP contribution in [-0.2, 0) is 4.79 Å². The molecule has 0 radical (unpaired) electrons. The molecule has 0 aromatic rings. The number of alkyl halides is 3. The van der Waals surface area contributed by atoms with E-state index in [9.17, 15) is 18.0 Å². The number of hydrogen-bond donors (Lipinski definition) is 1. The van der Waals surface area contributed by atoms with Crippen molar-refractivity contribution in [1.29, 1.82) is 0 Å². The maximum Gasteiger partial charge on any atom is 0.390 e. The van der Waals surface area contributed by atoms with Crippen molar-refractivity contribution in [1.82, 2.24) is 4.90 Å². The Morgan fingerprint density at radius 2 is 1.93 bits per heavy atom. The first kappa shape index (κ1) is 13.2. The minimum Gasteiger partial charge on any atom is -0.480 e. The minimum absolute atomic E-state index is 0.246. The molecule has 0 fully saturated rings. The van der Waals surface area contributed by atoms with E-state index in [0.717, 1.165) is 0 Å². The molecule has 0 amide bonds. The second-order valence-electron chi connectivity index (χ2n) is 3.04. The third-order valence-corrected chi connectivity index (χ3v) is 1.61. The average molecular weight is 213 g/mol. The molecule has 0 heterocycles. The molecule has 3 nitrogen and oxygen atoms in total. The summed E-state index contributed by atoms with van der Waals surface area (Å²) in [6.07, 6.45) is -4.53. The number of aliphatic carboxylic acids is 1. The van der Waals surface area contributed by atoms with Gasteiger partial charge in [0.1, 0.15) is 0 Å². The molecular formula is C8H14F3NO2. The van der Waals surface area contributed by atoms with Crippen LogP contribution in [0.5, 0.6) is 0 Å². The Morgan fingerprint density at radius 1 is 1.36 bits per heavy atom. The standard InChI is InChI=1S/C8H14F3NO2/c1-2-4-12(6-7(13)14)5-3-8(9,10)11/h2-6H2,1H3,(H,13,14). The molecule has 0 saturated heterocycles. The summed E-state index contributed by atoms with van der Waals surface area (Å²) in [6.45, 7) is 1.60. The van der Waals surface area contributed by atoms with Crippen LogP contribution in [0.1, 0.15) is 19.8 Å². The Hall–Kier alpha value is -0.780. The lowest BCUT2D eigenvalue weighted by Crippen LogP contribution is -2.33. The van der Waals surface area contributed by atoms with Crippen molar-refractivity contribution in [3.63, 3.8) is 0 Å². The van der Waals surface area contributed by atoms with Crippen LogP contribution in [0, 0.1) is 0 Å². The maximum absolute atomic E-state index is 11.8. The fraction of sp³-hybridized carbons (Fsp3) is 0.875. The van der Waals surface area contributed by atoms with E-state index >= 15 is 0 Å². The van der Waals surface area contributed by atoms with E-state index in [1.54, 1.807) is 6.92 Å². The van der Waals surface area contributed by atoms with Crippen LogP contribution in [0.4, 0.5) is 13.2 Å². The third kappa shape index (κ3) is 7.85. The summed E-state index contributed by atoms with van der Waals surface area (Å²) < 4.78 is 35.5. The molecule has 0 saturated carbocycles. The van der Waals surface area contributed by atoms with Gasteiger partial charge in [-0.1, -0.05) is 6.92 Å². The number of hydrogen-bond acceptors (Lipinski definition) is 2. The van der Waals surface area contributed by atoms with Gasteiger partial charge in [0, 0.05) is 6.54 Å². The van der Waals surface area contributed by atoms with Gasteiger partial charge in [-0.2, -0.15) is 13.2 Å². The molecule has 0 aliphatic heterocycles. The van der Waals surface area contributed by atoms with Crippen LogP contribution in [0.3, 0.4) is 0 Å². The molecule has 0 bridgehead atoms. The fourth-order valence-corrected chi connectivity index (χ4v) is 1.06. The minimum atomic E-state index is -4.22. The van der Waals surface area contributed by atoms with Gasteiger partial charge >= 0.3 is 12.1 Å². The molecule has 0 aliphatic carbocycles. The highest BCUT2D eigenvalue weighted by atomic mass is 19.4. The Labute approximate surface area is 80.5 Å². The molecule has 0 aliphatic rings. The summed E-state index contributed by atoms with van der Waals surface area (Å²) in [7, 11) is 0. The lowest BCUT2D eigenvalue weighted by Gasteiger charge is -2.19. The van der Waals surface area contributed by atoms with Gasteiger partial charge in [0.15, 0.2) is 0 Å². The monoisotopic (exact) mass is 213 g/mol. The molecular weight excluding hydrogens is 199 g/mol. The number of carboxylic acids is 1. The SMILES string of the molecule is CCCN(CCC(F)(F)F)CC(=O)O. The van der Waals surface area contributed by atoms with E-state index in [4.69, 9.17) is 5.11 Å². The van der Waals surface area contributed by atoms with Gasteiger partial charge in [0.25, 0.3) is 0 Å². The second-order valence-corrected chi connectivity index (χ2v) is 3.04. The van der Waals surface area contributed by atoms with Crippen molar-refractivity contribution < 1.29 is 23.1 Å². The zero-order valence-electron chi connectivity index (χ0n) is 7.97. The Morgan fingerprint density at radius 3 is 2.29 bits per heavy atom. The first-order valence-corrected chi connectivity index (χ1v) is 4.36. The number of carbonyl (C=O) groups is 1. The van der Waals surface area contributed by atoms with E-state index in [2.05, 4.69) is 0 Å². The van der Waals surface area contributed by atoms with Crippen molar-refractivity contribution >= 4 is 5.97 Å². The van der Waals surface area contributed by atoms with Gasteiger partial charge in [-0.05, 0) is 13.0 Å². The number of carboxylic acid groups (broad SMARTS) is 1. The van der Waals surface area contributed by atoms with Crippen molar-refractivity contribution in [2.75, 3.05) is 19.6 Å². The predicted octanol–water partition coefficient (Wildman–Crippen LogP) is 1.74. The summed E-state index contributed by atoms with van der Waals surface area (Å²) in [6, 6.07) is 0. The van der Waals surface area contributed by atoms with Gasteiger partial charge < -0.3 is 5.11 Å². The normalized spacial score (nSPS) is 12.1. The van der Waals surface area contributed by atoms with Crippen molar-refractivity contribution in [3.8, 4) is 0 Å². The Bertz CT molecular complexity index is 182. The average Bonchev–Trinajstić information content (AvgIpc) is 1.98. The quantitative estimate of drug-likeness (QED) is 0.730. The summed E-state index contributed by atoms with van der Waals surface area (Å²) in [5.74, 6) is -1.10. The Balaban J connectivity index is 3.90. The van der Waals surface area contributed by atoms with Crippen LogP contribution in [-0.4, -0.2) is 41.8 Å². The van der Waals surface area contributed by atoms with Gasteiger partial charge in [0.2, 0.25) is 0 Å². The molecule has 14 heavy (non-hydrogen) atoms. The van der Waals surface area contributed by atoms with E-state index in [1.165, 1.54) is 4.90 Å². The highest BCUT2D eigenvalue weighted by molar-refractivity contribution is 5.69. The molecule has 0 aromatic heterocycles. The van der Waals surface area contributed by atoms with Crippen molar-refractivity contribution in [2.45, 2.75) is 25.9 Å². The van der Waals surface area contributed by atoms with Gasteiger partial charge in [-0.3, -0.25) is 9.69 Å². The highest BCUT2D eigenvalue weighted by Gasteiger charge is 2.27. The summed E-state index contributed by atoms with van der Waals surface area (Å²) in [5, 5.41) is 8.42. The molecule has 0 rings (SSSR count). The van der Waals surface area contributed by atoms with E-state index in [-0.39, 0.29) is 13.1 Å². The first-order chi connectivity index (χ1) is 6.35.